The quantitative estimate of drug-likeness (QED) is 0.393. The summed E-state index contributed by atoms with van der Waals surface area (Å²) >= 11 is 0. The predicted molar refractivity (Wildman–Crippen MR) is 112 cm³/mol. The van der Waals surface area contributed by atoms with E-state index in [9.17, 15) is 14.7 Å². The number of furan rings is 1. The van der Waals surface area contributed by atoms with Gasteiger partial charge in [0.05, 0.1) is 39.4 Å². The standard InChI is InChI=1S/C23H28N2O5/c1-5-14-29-17-9-7-16(8-10-17)21(26)19-20(18-11-6-15(2)30-18)25(13-12-24(3)4)23(28)22(19)27/h6-11,20,26H,5,12-14H2,1-4H3/p+1/b21-19+/t20-/m1/s1. The third kappa shape index (κ3) is 4.41. The Hall–Kier alpha value is -3.06. The molecule has 7 heteroatoms. The number of likely N-dealkylation sites (tertiary alicyclic amines) is 1. The number of hydrogen-bond donors (Lipinski definition) is 2. The molecule has 160 valence electrons. The fraction of sp³-hybridized carbons (Fsp3) is 0.391. The number of aliphatic hydroxyl groups is 1. The minimum absolute atomic E-state index is 0.0466. The van der Waals surface area contributed by atoms with Crippen molar-refractivity contribution in [2.75, 3.05) is 33.8 Å². The topological polar surface area (TPSA) is 84.4 Å². The van der Waals surface area contributed by atoms with Gasteiger partial charge in [0.2, 0.25) is 0 Å². The molecule has 1 aliphatic rings. The minimum Gasteiger partial charge on any atom is -0.507 e. The molecule has 1 atom stereocenters. The second-order valence-corrected chi connectivity index (χ2v) is 7.77. The zero-order valence-corrected chi connectivity index (χ0v) is 17.9. The van der Waals surface area contributed by atoms with Gasteiger partial charge in [-0.05, 0) is 49.7 Å². The summed E-state index contributed by atoms with van der Waals surface area (Å²) in [6.07, 6.45) is 0.891. The van der Waals surface area contributed by atoms with Crippen molar-refractivity contribution in [2.45, 2.75) is 26.3 Å². The van der Waals surface area contributed by atoms with Crippen molar-refractivity contribution in [1.82, 2.24) is 4.90 Å². The van der Waals surface area contributed by atoms with E-state index in [0.29, 0.717) is 42.5 Å². The minimum atomic E-state index is -0.755. The molecule has 30 heavy (non-hydrogen) atoms. The van der Waals surface area contributed by atoms with E-state index in [0.717, 1.165) is 11.3 Å². The van der Waals surface area contributed by atoms with E-state index in [1.807, 2.05) is 21.0 Å². The molecule has 1 saturated heterocycles. The molecule has 3 rings (SSSR count). The lowest BCUT2D eigenvalue weighted by Crippen LogP contribution is -3.06. The van der Waals surface area contributed by atoms with E-state index in [2.05, 4.69) is 0 Å². The van der Waals surface area contributed by atoms with Crippen molar-refractivity contribution >= 4 is 17.4 Å². The molecule has 1 aromatic heterocycles. The number of quaternary nitrogens is 1. The highest BCUT2D eigenvalue weighted by atomic mass is 16.5. The van der Waals surface area contributed by atoms with Crippen molar-refractivity contribution in [3.8, 4) is 5.75 Å². The lowest BCUT2D eigenvalue weighted by Gasteiger charge is -2.23. The van der Waals surface area contributed by atoms with Crippen molar-refractivity contribution in [2.24, 2.45) is 0 Å². The number of rotatable bonds is 8. The van der Waals surface area contributed by atoms with Crippen molar-refractivity contribution < 1.29 is 28.7 Å². The van der Waals surface area contributed by atoms with Crippen LogP contribution < -0.4 is 9.64 Å². The fourth-order valence-corrected chi connectivity index (χ4v) is 3.44. The maximum Gasteiger partial charge on any atom is 0.295 e. The van der Waals surface area contributed by atoms with Crippen LogP contribution in [0.5, 0.6) is 5.75 Å². The first kappa shape index (κ1) is 21.6. The van der Waals surface area contributed by atoms with Crippen molar-refractivity contribution in [3.05, 3.63) is 59.1 Å². The summed E-state index contributed by atoms with van der Waals surface area (Å²) in [6, 6.07) is 9.62. The molecule has 2 N–H and O–H groups in total. The van der Waals surface area contributed by atoms with Crippen LogP contribution in [-0.4, -0.2) is 55.5 Å². The number of likely N-dealkylation sites (N-methyl/N-ethyl adjacent to an activating group) is 1. The Morgan fingerprint density at radius 1 is 1.17 bits per heavy atom. The smallest absolute Gasteiger partial charge is 0.295 e. The summed E-state index contributed by atoms with van der Waals surface area (Å²) in [6.45, 7) is 5.45. The molecule has 1 fully saturated rings. The Labute approximate surface area is 176 Å². The predicted octanol–water partition coefficient (Wildman–Crippen LogP) is 1.94. The molecular weight excluding hydrogens is 384 g/mol. The Morgan fingerprint density at radius 2 is 1.87 bits per heavy atom. The van der Waals surface area contributed by atoms with Gasteiger partial charge < -0.3 is 24.1 Å². The molecule has 0 bridgehead atoms. The van der Waals surface area contributed by atoms with E-state index in [4.69, 9.17) is 9.15 Å². The normalized spacial score (nSPS) is 18.4. The van der Waals surface area contributed by atoms with Gasteiger partial charge in [0.1, 0.15) is 29.1 Å². The van der Waals surface area contributed by atoms with E-state index in [1.165, 1.54) is 4.90 Å². The molecule has 1 aliphatic heterocycles. The van der Waals surface area contributed by atoms with Crippen LogP contribution in [0.15, 0.2) is 46.4 Å². The molecule has 0 unspecified atom stereocenters. The molecule has 0 radical (unpaired) electrons. The zero-order valence-electron chi connectivity index (χ0n) is 17.9. The summed E-state index contributed by atoms with van der Waals surface area (Å²) in [7, 11) is 3.95. The summed E-state index contributed by atoms with van der Waals surface area (Å²) in [5.41, 5.74) is 0.494. The van der Waals surface area contributed by atoms with Crippen LogP contribution in [0.25, 0.3) is 5.76 Å². The second kappa shape index (κ2) is 9.17. The summed E-state index contributed by atoms with van der Waals surface area (Å²) < 4.78 is 11.3. The SMILES string of the molecule is CCCOc1ccc(/C(O)=C2\C(=O)C(=O)N(CC[NH+](C)C)[C@@H]2c2ccc(C)o2)cc1. The molecule has 0 spiro atoms. The molecule has 2 heterocycles. The number of hydrogen-bond acceptors (Lipinski definition) is 5. The van der Waals surface area contributed by atoms with E-state index in [-0.39, 0.29) is 11.3 Å². The monoisotopic (exact) mass is 413 g/mol. The first-order valence-electron chi connectivity index (χ1n) is 10.2. The van der Waals surface area contributed by atoms with Gasteiger partial charge in [-0.25, -0.2) is 0 Å². The van der Waals surface area contributed by atoms with Crippen LogP contribution in [0, 0.1) is 6.92 Å². The summed E-state index contributed by atoms with van der Waals surface area (Å²) in [5, 5.41) is 11.0. The molecule has 0 aliphatic carbocycles. The highest BCUT2D eigenvalue weighted by Gasteiger charge is 2.47. The lowest BCUT2D eigenvalue weighted by atomic mass is 9.99. The van der Waals surface area contributed by atoms with Gasteiger partial charge >= 0.3 is 0 Å². The maximum atomic E-state index is 12.9. The van der Waals surface area contributed by atoms with Gasteiger partial charge in [-0.3, -0.25) is 9.59 Å². The molecule has 0 saturated carbocycles. The summed E-state index contributed by atoms with van der Waals surface area (Å²) in [5.74, 6) is 0.276. The number of Topliss-reactive ketones (excluding diaryl/α,β-unsaturated/α-hetero) is 1. The van der Waals surface area contributed by atoms with Gasteiger partial charge in [-0.15, -0.1) is 0 Å². The van der Waals surface area contributed by atoms with E-state index >= 15 is 0 Å². The third-order valence-electron chi connectivity index (χ3n) is 5.02. The second-order valence-electron chi connectivity index (χ2n) is 7.77. The summed E-state index contributed by atoms with van der Waals surface area (Å²) in [4.78, 5) is 28.3. The largest absolute Gasteiger partial charge is 0.507 e. The number of ether oxygens (including phenoxy) is 1. The zero-order chi connectivity index (χ0) is 21.8. The number of amides is 1. The number of carbonyl (C=O) groups excluding carboxylic acids is 2. The average molecular weight is 413 g/mol. The van der Waals surface area contributed by atoms with Crippen LogP contribution in [0.4, 0.5) is 0 Å². The van der Waals surface area contributed by atoms with Crippen LogP contribution in [0.3, 0.4) is 0 Å². The van der Waals surface area contributed by atoms with Crippen molar-refractivity contribution in [3.63, 3.8) is 0 Å². The third-order valence-corrected chi connectivity index (χ3v) is 5.02. The number of aryl methyl sites for hydroxylation is 1. The maximum absolute atomic E-state index is 12.9. The Balaban J connectivity index is 2.02. The highest BCUT2D eigenvalue weighted by Crippen LogP contribution is 2.39. The van der Waals surface area contributed by atoms with Crippen LogP contribution in [0.1, 0.15) is 36.5 Å². The first-order chi connectivity index (χ1) is 14.3. The number of nitrogens with one attached hydrogen (secondary N) is 1. The van der Waals surface area contributed by atoms with Gasteiger partial charge in [0, 0.05) is 5.56 Å². The van der Waals surface area contributed by atoms with Crippen LogP contribution >= 0.6 is 0 Å². The van der Waals surface area contributed by atoms with Gasteiger partial charge in [-0.1, -0.05) is 6.92 Å². The molecule has 1 amide bonds. The molecule has 7 nitrogen and oxygen atoms in total. The number of carbonyl (C=O) groups is 2. The Bertz CT molecular complexity index is 943. The molecular formula is C23H29N2O5+. The Kier molecular flexibility index (Phi) is 6.62. The average Bonchev–Trinajstić information content (AvgIpc) is 3.26. The number of aliphatic hydroxyl groups excluding tert-OH is 1. The number of nitrogens with zero attached hydrogens (tertiary/aromatic N) is 1. The van der Waals surface area contributed by atoms with Gasteiger partial charge in [0.25, 0.3) is 11.7 Å². The fourth-order valence-electron chi connectivity index (χ4n) is 3.44. The molecule has 2 aromatic rings. The van der Waals surface area contributed by atoms with Crippen LogP contribution in [0.2, 0.25) is 0 Å². The number of ketones is 1. The Morgan fingerprint density at radius 3 is 2.43 bits per heavy atom. The number of benzene rings is 1. The highest BCUT2D eigenvalue weighted by molar-refractivity contribution is 6.46. The van der Waals surface area contributed by atoms with E-state index < -0.39 is 17.7 Å². The van der Waals surface area contributed by atoms with Gasteiger partial charge in [0.15, 0.2) is 0 Å². The molecule has 1 aromatic carbocycles. The van der Waals surface area contributed by atoms with E-state index in [1.54, 1.807) is 43.3 Å². The van der Waals surface area contributed by atoms with Gasteiger partial charge in [-0.2, -0.15) is 0 Å². The van der Waals surface area contributed by atoms with Crippen LogP contribution in [-0.2, 0) is 9.59 Å². The lowest BCUT2D eigenvalue weighted by molar-refractivity contribution is -0.857. The first-order valence-corrected chi connectivity index (χ1v) is 10.2. The van der Waals surface area contributed by atoms with Crippen molar-refractivity contribution in [1.29, 1.82) is 0 Å².